The predicted octanol–water partition coefficient (Wildman–Crippen LogP) is 2.83. The number of Topliss-reactive ketones (excluding diaryl/α,β-unsaturated/α-hetero) is 1. The van der Waals surface area contributed by atoms with Gasteiger partial charge >= 0.3 is 0 Å². The van der Waals surface area contributed by atoms with Gasteiger partial charge in [-0.25, -0.2) is 0 Å². The van der Waals surface area contributed by atoms with Crippen LogP contribution in [-0.4, -0.2) is 18.2 Å². The Kier molecular flexibility index (Phi) is 5.70. The van der Waals surface area contributed by atoms with Crippen molar-refractivity contribution in [3.8, 4) is 0 Å². The second-order valence-corrected chi connectivity index (χ2v) is 4.25. The van der Waals surface area contributed by atoms with Crippen molar-refractivity contribution in [1.29, 1.82) is 0 Å². The van der Waals surface area contributed by atoms with Gasteiger partial charge in [0.1, 0.15) is 0 Å². The number of carbonyl (C=O) groups excluding carboxylic acids is 2. The molecule has 17 heavy (non-hydrogen) atoms. The molecule has 0 spiro atoms. The molecule has 92 valence electrons. The van der Waals surface area contributed by atoms with E-state index in [1.165, 1.54) is 0 Å². The second kappa shape index (κ2) is 7.07. The minimum absolute atomic E-state index is 0.0458. The monoisotopic (exact) mass is 253 g/mol. The summed E-state index contributed by atoms with van der Waals surface area (Å²) >= 11 is 5.72. The van der Waals surface area contributed by atoms with Gasteiger partial charge in [-0.15, -0.1) is 0 Å². The Hall–Kier alpha value is -1.35. The summed E-state index contributed by atoms with van der Waals surface area (Å²) in [5, 5.41) is 3.20. The molecule has 0 saturated carbocycles. The third-order valence-electron chi connectivity index (χ3n) is 2.37. The molecule has 0 fully saturated rings. The summed E-state index contributed by atoms with van der Waals surface area (Å²) in [5.74, 6) is -0.180. The third kappa shape index (κ3) is 5.00. The number of hydrogen-bond donors (Lipinski definition) is 1. The van der Waals surface area contributed by atoms with Crippen LogP contribution in [0.5, 0.6) is 0 Å². The van der Waals surface area contributed by atoms with Gasteiger partial charge in [0.25, 0.3) is 0 Å². The Bertz CT molecular complexity index is 387. The van der Waals surface area contributed by atoms with Crippen molar-refractivity contribution in [2.75, 3.05) is 6.54 Å². The Morgan fingerprint density at radius 3 is 2.47 bits per heavy atom. The average molecular weight is 254 g/mol. The maximum Gasteiger partial charge on any atom is 0.220 e. The topological polar surface area (TPSA) is 46.2 Å². The molecule has 0 atom stereocenters. The van der Waals surface area contributed by atoms with Gasteiger partial charge in [-0.3, -0.25) is 9.59 Å². The number of nitrogens with one attached hydrogen (secondary N) is 1. The van der Waals surface area contributed by atoms with E-state index in [9.17, 15) is 9.59 Å². The van der Waals surface area contributed by atoms with Crippen LogP contribution in [0.3, 0.4) is 0 Å². The third-order valence-corrected chi connectivity index (χ3v) is 2.62. The molecule has 4 heteroatoms. The first kappa shape index (κ1) is 13.7. The summed E-state index contributed by atoms with van der Waals surface area (Å²) in [7, 11) is 0. The van der Waals surface area contributed by atoms with Gasteiger partial charge in [-0.2, -0.15) is 0 Å². The van der Waals surface area contributed by atoms with Crippen LogP contribution in [0, 0.1) is 0 Å². The van der Waals surface area contributed by atoms with E-state index >= 15 is 0 Å². The molecule has 1 amide bonds. The van der Waals surface area contributed by atoms with E-state index in [2.05, 4.69) is 5.32 Å². The van der Waals surface area contributed by atoms with Gasteiger partial charge in [0.05, 0.1) is 6.54 Å². The van der Waals surface area contributed by atoms with Crippen LogP contribution in [0.4, 0.5) is 0 Å². The Morgan fingerprint density at radius 2 is 1.88 bits per heavy atom. The van der Waals surface area contributed by atoms with Gasteiger partial charge in [0, 0.05) is 17.0 Å². The zero-order valence-electron chi connectivity index (χ0n) is 9.83. The number of carbonyl (C=O) groups is 2. The quantitative estimate of drug-likeness (QED) is 0.793. The largest absolute Gasteiger partial charge is 0.349 e. The SMILES string of the molecule is CCCCC(=O)NCC(=O)c1ccc(Cl)cc1. The highest BCUT2D eigenvalue weighted by Crippen LogP contribution is 2.09. The molecule has 0 bridgehead atoms. The molecule has 0 aliphatic rings. The zero-order chi connectivity index (χ0) is 12.7. The molecule has 0 unspecified atom stereocenters. The van der Waals surface area contributed by atoms with Crippen molar-refractivity contribution in [2.24, 2.45) is 0 Å². The summed E-state index contributed by atoms with van der Waals surface area (Å²) in [6.07, 6.45) is 2.30. The van der Waals surface area contributed by atoms with Gasteiger partial charge in [0.15, 0.2) is 5.78 Å². The molecular weight excluding hydrogens is 238 g/mol. The lowest BCUT2D eigenvalue weighted by Gasteiger charge is -2.04. The summed E-state index contributed by atoms with van der Waals surface area (Å²) in [6, 6.07) is 6.63. The van der Waals surface area contributed by atoms with Crippen LogP contribution >= 0.6 is 11.6 Å². The fourth-order valence-corrected chi connectivity index (χ4v) is 1.47. The first-order valence-corrected chi connectivity index (χ1v) is 6.06. The van der Waals surface area contributed by atoms with E-state index in [0.717, 1.165) is 12.8 Å². The number of hydrogen-bond acceptors (Lipinski definition) is 2. The van der Waals surface area contributed by atoms with Crippen molar-refractivity contribution >= 4 is 23.3 Å². The van der Waals surface area contributed by atoms with Crippen LogP contribution < -0.4 is 5.32 Å². The lowest BCUT2D eigenvalue weighted by molar-refractivity contribution is -0.121. The first-order chi connectivity index (χ1) is 8.13. The minimum atomic E-state index is -0.105. The first-order valence-electron chi connectivity index (χ1n) is 5.69. The number of amides is 1. The molecule has 0 saturated heterocycles. The Morgan fingerprint density at radius 1 is 1.24 bits per heavy atom. The van der Waals surface area contributed by atoms with Crippen LogP contribution in [0.15, 0.2) is 24.3 Å². The Balaban J connectivity index is 2.39. The predicted molar refractivity (Wildman–Crippen MR) is 68.3 cm³/mol. The summed E-state index contributed by atoms with van der Waals surface area (Å²) in [5.41, 5.74) is 0.560. The number of halogens is 1. The maximum absolute atomic E-state index is 11.7. The smallest absolute Gasteiger partial charge is 0.220 e. The molecular formula is C13H16ClNO2. The molecule has 0 radical (unpaired) electrons. The Labute approximate surface area is 106 Å². The summed E-state index contributed by atoms with van der Waals surface area (Å²) in [4.78, 5) is 23.0. The van der Waals surface area contributed by atoms with Crippen molar-refractivity contribution < 1.29 is 9.59 Å². The van der Waals surface area contributed by atoms with Crippen molar-refractivity contribution in [1.82, 2.24) is 5.32 Å². The van der Waals surface area contributed by atoms with E-state index in [1.54, 1.807) is 24.3 Å². The second-order valence-electron chi connectivity index (χ2n) is 3.81. The maximum atomic E-state index is 11.7. The van der Waals surface area contributed by atoms with E-state index in [4.69, 9.17) is 11.6 Å². The van der Waals surface area contributed by atoms with Crippen molar-refractivity contribution in [2.45, 2.75) is 26.2 Å². The van der Waals surface area contributed by atoms with Crippen molar-refractivity contribution in [3.63, 3.8) is 0 Å². The molecule has 1 N–H and O–H groups in total. The van der Waals surface area contributed by atoms with E-state index in [1.807, 2.05) is 6.92 Å². The molecule has 0 aliphatic heterocycles. The molecule has 1 aromatic rings. The summed E-state index contributed by atoms with van der Waals surface area (Å²) in [6.45, 7) is 2.07. The van der Waals surface area contributed by atoms with Gasteiger partial charge in [-0.1, -0.05) is 24.9 Å². The van der Waals surface area contributed by atoms with Gasteiger partial charge in [-0.05, 0) is 30.7 Å². The lowest BCUT2D eigenvalue weighted by Crippen LogP contribution is -2.29. The molecule has 0 aliphatic carbocycles. The lowest BCUT2D eigenvalue weighted by atomic mass is 10.1. The highest BCUT2D eigenvalue weighted by Gasteiger charge is 2.07. The molecule has 0 aromatic heterocycles. The number of unbranched alkanes of at least 4 members (excludes halogenated alkanes) is 1. The fraction of sp³-hybridized carbons (Fsp3) is 0.385. The fourth-order valence-electron chi connectivity index (χ4n) is 1.34. The van der Waals surface area contributed by atoms with E-state index < -0.39 is 0 Å². The number of benzene rings is 1. The molecule has 0 heterocycles. The molecule has 1 rings (SSSR count). The van der Waals surface area contributed by atoms with Crippen molar-refractivity contribution in [3.05, 3.63) is 34.9 Å². The average Bonchev–Trinajstić information content (AvgIpc) is 2.34. The number of rotatable bonds is 6. The van der Waals surface area contributed by atoms with Crippen LogP contribution in [0.2, 0.25) is 5.02 Å². The van der Waals surface area contributed by atoms with Crippen LogP contribution in [0.1, 0.15) is 36.5 Å². The minimum Gasteiger partial charge on any atom is -0.349 e. The summed E-state index contributed by atoms with van der Waals surface area (Å²) < 4.78 is 0. The highest BCUT2D eigenvalue weighted by atomic mass is 35.5. The van der Waals surface area contributed by atoms with Gasteiger partial charge < -0.3 is 5.32 Å². The number of ketones is 1. The van der Waals surface area contributed by atoms with Crippen LogP contribution in [0.25, 0.3) is 0 Å². The van der Waals surface area contributed by atoms with Crippen LogP contribution in [-0.2, 0) is 4.79 Å². The molecule has 1 aromatic carbocycles. The zero-order valence-corrected chi connectivity index (χ0v) is 10.6. The van der Waals surface area contributed by atoms with Gasteiger partial charge in [0.2, 0.25) is 5.91 Å². The van der Waals surface area contributed by atoms with E-state index in [0.29, 0.717) is 17.0 Å². The standard InChI is InChI=1S/C13H16ClNO2/c1-2-3-4-13(17)15-9-12(16)10-5-7-11(14)8-6-10/h5-8H,2-4,9H2,1H3,(H,15,17). The van der Waals surface area contributed by atoms with E-state index in [-0.39, 0.29) is 18.2 Å². The molecule has 3 nitrogen and oxygen atoms in total. The normalized spacial score (nSPS) is 10.0. The highest BCUT2D eigenvalue weighted by molar-refractivity contribution is 6.30.